The van der Waals surface area contributed by atoms with Crippen molar-refractivity contribution >= 4 is 5.96 Å². The first-order valence-electron chi connectivity index (χ1n) is 4.17. The number of hydrogen-bond acceptors (Lipinski definition) is 3. The average molecular weight is 182 g/mol. The maximum atomic E-state index is 5.54. The molecule has 0 amide bonds. The van der Waals surface area contributed by atoms with E-state index in [-0.39, 0.29) is 0 Å². The van der Waals surface area contributed by atoms with Gasteiger partial charge in [-0.1, -0.05) is 5.16 Å². The number of nitrogens with two attached hydrogens (primary N) is 1. The number of guanidine groups is 1. The topological polar surface area (TPSA) is 76.4 Å². The maximum Gasteiger partial charge on any atom is 0.188 e. The Balaban J connectivity index is 2.51. The maximum absolute atomic E-state index is 5.54. The van der Waals surface area contributed by atoms with Gasteiger partial charge in [-0.25, -0.2) is 4.99 Å². The zero-order valence-corrected chi connectivity index (χ0v) is 7.87. The standard InChI is InChI=1S/C8H14N4O/c1-3-10-8(9)11-4-7-5-13-12-6(7)2/h5H,3-4H2,1-2H3,(H3,9,10,11). The van der Waals surface area contributed by atoms with E-state index in [1.54, 1.807) is 6.26 Å². The fraction of sp³-hybridized carbons (Fsp3) is 0.500. The number of aromatic nitrogens is 1. The van der Waals surface area contributed by atoms with Crippen molar-refractivity contribution in [2.45, 2.75) is 20.4 Å². The summed E-state index contributed by atoms with van der Waals surface area (Å²) in [6.07, 6.45) is 1.58. The van der Waals surface area contributed by atoms with Gasteiger partial charge < -0.3 is 15.6 Å². The first-order valence-corrected chi connectivity index (χ1v) is 4.17. The third-order valence-electron chi connectivity index (χ3n) is 1.63. The molecule has 5 nitrogen and oxygen atoms in total. The van der Waals surface area contributed by atoms with Crippen LogP contribution in [-0.2, 0) is 6.54 Å². The highest BCUT2D eigenvalue weighted by Crippen LogP contribution is 2.05. The van der Waals surface area contributed by atoms with Crippen LogP contribution in [0, 0.1) is 6.92 Å². The molecular formula is C8H14N4O. The van der Waals surface area contributed by atoms with Gasteiger partial charge in [0.05, 0.1) is 12.2 Å². The quantitative estimate of drug-likeness (QED) is 0.524. The van der Waals surface area contributed by atoms with Gasteiger partial charge in [0.25, 0.3) is 0 Å². The van der Waals surface area contributed by atoms with Gasteiger partial charge in [0, 0.05) is 12.1 Å². The van der Waals surface area contributed by atoms with Crippen molar-refractivity contribution < 1.29 is 4.52 Å². The molecule has 1 aromatic rings. The lowest BCUT2D eigenvalue weighted by molar-refractivity contribution is 0.414. The van der Waals surface area contributed by atoms with E-state index in [1.807, 2.05) is 13.8 Å². The summed E-state index contributed by atoms with van der Waals surface area (Å²) in [7, 11) is 0. The summed E-state index contributed by atoms with van der Waals surface area (Å²) in [4.78, 5) is 4.10. The van der Waals surface area contributed by atoms with Crippen LogP contribution in [-0.4, -0.2) is 17.7 Å². The molecular weight excluding hydrogens is 168 g/mol. The van der Waals surface area contributed by atoms with Gasteiger partial charge in [-0.3, -0.25) is 0 Å². The fourth-order valence-electron chi connectivity index (χ4n) is 0.872. The molecule has 1 heterocycles. The minimum absolute atomic E-state index is 0.447. The van der Waals surface area contributed by atoms with Crippen molar-refractivity contribution in [2.75, 3.05) is 6.54 Å². The Morgan fingerprint density at radius 3 is 3.08 bits per heavy atom. The van der Waals surface area contributed by atoms with Crippen molar-refractivity contribution in [1.29, 1.82) is 0 Å². The van der Waals surface area contributed by atoms with Crippen LogP contribution >= 0.6 is 0 Å². The number of aliphatic imine (C=N–C) groups is 1. The number of aryl methyl sites for hydroxylation is 1. The van der Waals surface area contributed by atoms with Crippen LogP contribution in [0.4, 0.5) is 0 Å². The molecule has 13 heavy (non-hydrogen) atoms. The molecule has 0 saturated carbocycles. The predicted octanol–water partition coefficient (Wildman–Crippen LogP) is 0.407. The number of hydrogen-bond donors (Lipinski definition) is 2. The molecule has 0 aliphatic heterocycles. The molecule has 5 heteroatoms. The molecule has 72 valence electrons. The highest BCUT2D eigenvalue weighted by molar-refractivity contribution is 5.77. The van der Waals surface area contributed by atoms with E-state index in [4.69, 9.17) is 10.3 Å². The summed E-state index contributed by atoms with van der Waals surface area (Å²) in [5.74, 6) is 0.447. The second kappa shape index (κ2) is 4.49. The minimum atomic E-state index is 0.447. The van der Waals surface area contributed by atoms with E-state index in [9.17, 15) is 0 Å². The van der Waals surface area contributed by atoms with Crippen LogP contribution < -0.4 is 11.1 Å². The molecule has 0 spiro atoms. The van der Waals surface area contributed by atoms with Crippen molar-refractivity contribution in [3.63, 3.8) is 0 Å². The van der Waals surface area contributed by atoms with Gasteiger partial charge in [0.15, 0.2) is 5.96 Å². The Labute approximate surface area is 77.0 Å². The van der Waals surface area contributed by atoms with Crippen molar-refractivity contribution in [3.05, 3.63) is 17.5 Å². The van der Waals surface area contributed by atoms with Gasteiger partial charge in [-0.2, -0.15) is 0 Å². The molecule has 0 aromatic carbocycles. The van der Waals surface area contributed by atoms with Gasteiger partial charge in [0.2, 0.25) is 0 Å². The van der Waals surface area contributed by atoms with Gasteiger partial charge in [0.1, 0.15) is 6.26 Å². The lowest BCUT2D eigenvalue weighted by atomic mass is 10.3. The first kappa shape index (κ1) is 9.57. The van der Waals surface area contributed by atoms with Gasteiger partial charge >= 0.3 is 0 Å². The Morgan fingerprint density at radius 2 is 2.54 bits per heavy atom. The summed E-state index contributed by atoms with van der Waals surface area (Å²) < 4.78 is 4.76. The lowest BCUT2D eigenvalue weighted by Crippen LogP contribution is -2.31. The van der Waals surface area contributed by atoms with Crippen LogP contribution in [0.5, 0.6) is 0 Å². The fourth-order valence-corrected chi connectivity index (χ4v) is 0.872. The molecule has 0 fully saturated rings. The highest BCUT2D eigenvalue weighted by Gasteiger charge is 2.00. The summed E-state index contributed by atoms with van der Waals surface area (Å²) in [5, 5.41) is 6.64. The second-order valence-electron chi connectivity index (χ2n) is 2.66. The number of nitrogens with one attached hydrogen (secondary N) is 1. The molecule has 3 N–H and O–H groups in total. The Morgan fingerprint density at radius 1 is 1.77 bits per heavy atom. The molecule has 0 bridgehead atoms. The first-order chi connectivity index (χ1) is 6.24. The van der Waals surface area contributed by atoms with E-state index < -0.39 is 0 Å². The summed E-state index contributed by atoms with van der Waals surface area (Å²) >= 11 is 0. The van der Waals surface area contributed by atoms with E-state index in [1.165, 1.54) is 0 Å². The zero-order valence-electron chi connectivity index (χ0n) is 7.87. The van der Waals surface area contributed by atoms with Gasteiger partial charge in [-0.15, -0.1) is 0 Å². The van der Waals surface area contributed by atoms with Crippen LogP contribution in [0.2, 0.25) is 0 Å². The van der Waals surface area contributed by atoms with Crippen molar-refractivity contribution in [1.82, 2.24) is 10.5 Å². The largest absolute Gasteiger partial charge is 0.370 e. The number of rotatable bonds is 3. The molecule has 0 atom stereocenters. The van der Waals surface area contributed by atoms with E-state index in [2.05, 4.69) is 15.5 Å². The molecule has 0 saturated heterocycles. The monoisotopic (exact) mass is 182 g/mol. The van der Waals surface area contributed by atoms with Crippen LogP contribution in [0.1, 0.15) is 18.2 Å². The highest BCUT2D eigenvalue weighted by atomic mass is 16.5. The van der Waals surface area contributed by atoms with E-state index >= 15 is 0 Å². The minimum Gasteiger partial charge on any atom is -0.370 e. The molecule has 1 rings (SSSR count). The average Bonchev–Trinajstić information content (AvgIpc) is 2.48. The lowest BCUT2D eigenvalue weighted by Gasteiger charge is -2.00. The number of nitrogens with zero attached hydrogens (tertiary/aromatic N) is 2. The third-order valence-corrected chi connectivity index (χ3v) is 1.63. The Kier molecular flexibility index (Phi) is 3.31. The van der Waals surface area contributed by atoms with Crippen LogP contribution in [0.3, 0.4) is 0 Å². The van der Waals surface area contributed by atoms with Gasteiger partial charge in [-0.05, 0) is 13.8 Å². The van der Waals surface area contributed by atoms with E-state index in [0.29, 0.717) is 12.5 Å². The molecule has 0 aliphatic rings. The van der Waals surface area contributed by atoms with E-state index in [0.717, 1.165) is 17.8 Å². The van der Waals surface area contributed by atoms with Crippen molar-refractivity contribution in [2.24, 2.45) is 10.7 Å². The zero-order chi connectivity index (χ0) is 9.68. The third kappa shape index (κ3) is 2.77. The molecule has 0 aliphatic carbocycles. The molecule has 0 radical (unpaired) electrons. The summed E-state index contributed by atoms with van der Waals surface area (Å²) in [6, 6.07) is 0. The predicted molar refractivity (Wildman–Crippen MR) is 50.2 cm³/mol. The van der Waals surface area contributed by atoms with Crippen LogP contribution in [0.25, 0.3) is 0 Å². The molecule has 1 aromatic heterocycles. The van der Waals surface area contributed by atoms with Crippen molar-refractivity contribution in [3.8, 4) is 0 Å². The Hall–Kier alpha value is -1.52. The SMILES string of the molecule is CCNC(N)=NCc1conc1C. The summed E-state index contributed by atoms with van der Waals surface area (Å²) in [5.41, 5.74) is 7.35. The smallest absolute Gasteiger partial charge is 0.188 e. The Bertz CT molecular complexity index is 292. The normalized spacial score (nSPS) is 11.7. The second-order valence-corrected chi connectivity index (χ2v) is 2.66. The summed E-state index contributed by atoms with van der Waals surface area (Å²) in [6.45, 7) is 5.12. The molecule has 0 unspecified atom stereocenters. The van der Waals surface area contributed by atoms with Crippen LogP contribution in [0.15, 0.2) is 15.8 Å².